The molecule has 2 unspecified atom stereocenters. The van der Waals surface area contributed by atoms with Gasteiger partial charge in [0.2, 0.25) is 0 Å². The third-order valence-corrected chi connectivity index (χ3v) is 2.90. The van der Waals surface area contributed by atoms with Crippen LogP contribution in [0, 0.1) is 0 Å². The van der Waals surface area contributed by atoms with Crippen LogP contribution in [0.4, 0.5) is 0 Å². The summed E-state index contributed by atoms with van der Waals surface area (Å²) in [4.78, 5) is 2.53. The molecule has 2 nitrogen and oxygen atoms in total. The Bertz CT molecular complexity index is 140. The lowest BCUT2D eigenvalue weighted by Crippen LogP contribution is -2.51. The maximum absolute atomic E-state index is 5.92. The van der Waals surface area contributed by atoms with E-state index < -0.39 is 0 Å². The van der Waals surface area contributed by atoms with Crippen LogP contribution >= 0.6 is 0 Å². The van der Waals surface area contributed by atoms with Crippen molar-refractivity contribution in [2.45, 2.75) is 52.2 Å². The Hall–Kier alpha value is -0.0151. The first-order chi connectivity index (χ1) is 6.17. The van der Waals surface area contributed by atoms with Gasteiger partial charge in [-0.15, -0.1) is 0 Å². The average molecular weight is 183 g/mol. The quantitative estimate of drug-likeness (QED) is 0.612. The van der Waals surface area contributed by atoms with E-state index in [1.165, 1.54) is 0 Å². The molecule has 0 bridgehead atoms. The highest BCUT2D eigenvalue weighted by Crippen LogP contribution is 2.15. The van der Waals surface area contributed by atoms with Crippen molar-refractivity contribution in [2.75, 3.05) is 13.1 Å². The molecular weight excluding hydrogens is 161 g/mol. The molecule has 0 N–H and O–H groups in total. The highest BCUT2D eigenvalue weighted by molar-refractivity contribution is 6.35. The van der Waals surface area contributed by atoms with Crippen LogP contribution in [-0.2, 0) is 4.74 Å². The van der Waals surface area contributed by atoms with E-state index in [0.29, 0.717) is 18.1 Å². The second kappa shape index (κ2) is 5.01. The highest BCUT2D eigenvalue weighted by Gasteiger charge is 2.26. The molecule has 1 rings (SSSR count). The minimum Gasteiger partial charge on any atom is -0.381 e. The largest absolute Gasteiger partial charge is 0.381 e. The number of hydrogen-bond donors (Lipinski definition) is 0. The van der Waals surface area contributed by atoms with Crippen molar-refractivity contribution in [1.29, 1.82) is 0 Å². The average Bonchev–Trinajstić information content (AvgIpc) is 2.16. The van der Waals surface area contributed by atoms with Crippen LogP contribution in [0.5, 0.6) is 0 Å². The summed E-state index contributed by atoms with van der Waals surface area (Å²) in [5.74, 6) is 0. The fourth-order valence-electron chi connectivity index (χ4n) is 1.83. The SMILES string of the molecule is CBC1CN(C(C)C)CC(CC)O1. The van der Waals surface area contributed by atoms with Crippen molar-refractivity contribution in [3.05, 3.63) is 0 Å². The van der Waals surface area contributed by atoms with Gasteiger partial charge in [-0.05, 0) is 20.3 Å². The predicted octanol–water partition coefficient (Wildman–Crippen LogP) is 1.32. The molecule has 1 heterocycles. The van der Waals surface area contributed by atoms with Crippen LogP contribution in [0.25, 0.3) is 0 Å². The molecule has 0 amide bonds. The summed E-state index contributed by atoms with van der Waals surface area (Å²) < 4.78 is 5.92. The van der Waals surface area contributed by atoms with Gasteiger partial charge in [0, 0.05) is 25.1 Å². The summed E-state index contributed by atoms with van der Waals surface area (Å²) in [5, 5.41) is 0. The Balaban J connectivity index is 2.49. The third kappa shape index (κ3) is 2.99. The lowest BCUT2D eigenvalue weighted by atomic mass is 9.73. The van der Waals surface area contributed by atoms with Crippen molar-refractivity contribution in [1.82, 2.24) is 4.90 Å². The van der Waals surface area contributed by atoms with Gasteiger partial charge in [0.05, 0.1) is 6.10 Å². The second-order valence-corrected chi connectivity index (χ2v) is 4.24. The van der Waals surface area contributed by atoms with Gasteiger partial charge in [0.25, 0.3) is 0 Å². The van der Waals surface area contributed by atoms with Crippen molar-refractivity contribution in [3.8, 4) is 0 Å². The maximum atomic E-state index is 5.92. The molecule has 0 radical (unpaired) electrons. The van der Waals surface area contributed by atoms with Crippen LogP contribution < -0.4 is 0 Å². The summed E-state index contributed by atoms with van der Waals surface area (Å²) >= 11 is 0. The Morgan fingerprint density at radius 2 is 2.15 bits per heavy atom. The van der Waals surface area contributed by atoms with Crippen LogP contribution in [0.1, 0.15) is 27.2 Å². The van der Waals surface area contributed by atoms with Crippen LogP contribution in [0.3, 0.4) is 0 Å². The molecular formula is C10H22BNO. The van der Waals surface area contributed by atoms with Gasteiger partial charge in [0.15, 0.2) is 7.28 Å². The van der Waals surface area contributed by atoms with Gasteiger partial charge in [-0.3, -0.25) is 4.90 Å². The number of rotatable bonds is 3. The van der Waals surface area contributed by atoms with Crippen LogP contribution in [-0.4, -0.2) is 43.4 Å². The van der Waals surface area contributed by atoms with E-state index in [2.05, 4.69) is 32.5 Å². The molecule has 0 aliphatic carbocycles. The molecule has 1 saturated heterocycles. The second-order valence-electron chi connectivity index (χ2n) is 4.24. The smallest absolute Gasteiger partial charge is 0.156 e. The minimum absolute atomic E-state index is 0.459. The zero-order chi connectivity index (χ0) is 9.84. The maximum Gasteiger partial charge on any atom is 0.156 e. The Labute approximate surface area is 82.9 Å². The van der Waals surface area contributed by atoms with Gasteiger partial charge >= 0.3 is 0 Å². The number of ether oxygens (including phenoxy) is 1. The molecule has 0 spiro atoms. The fourth-order valence-corrected chi connectivity index (χ4v) is 1.83. The van der Waals surface area contributed by atoms with E-state index in [-0.39, 0.29) is 0 Å². The molecule has 0 aromatic carbocycles. The molecule has 1 fully saturated rings. The Kier molecular flexibility index (Phi) is 4.27. The number of nitrogens with zero attached hydrogens (tertiary/aromatic N) is 1. The molecule has 0 aromatic rings. The summed E-state index contributed by atoms with van der Waals surface area (Å²) in [5.41, 5.74) is 0. The molecule has 2 atom stereocenters. The van der Waals surface area contributed by atoms with Gasteiger partial charge in [-0.25, -0.2) is 0 Å². The highest BCUT2D eigenvalue weighted by atomic mass is 16.5. The van der Waals surface area contributed by atoms with Crippen molar-refractivity contribution < 1.29 is 4.74 Å². The van der Waals surface area contributed by atoms with Gasteiger partial charge in [-0.1, -0.05) is 13.7 Å². The zero-order valence-electron chi connectivity index (χ0n) is 9.42. The normalized spacial score (nSPS) is 30.8. The first kappa shape index (κ1) is 11.1. The molecule has 76 valence electrons. The van der Waals surface area contributed by atoms with Crippen LogP contribution in [0.2, 0.25) is 6.82 Å². The molecule has 0 saturated carbocycles. The van der Waals surface area contributed by atoms with E-state index in [0.717, 1.165) is 26.8 Å². The third-order valence-electron chi connectivity index (χ3n) is 2.90. The molecule has 0 aromatic heterocycles. The first-order valence-electron chi connectivity index (χ1n) is 5.56. The zero-order valence-corrected chi connectivity index (χ0v) is 9.42. The molecule has 1 aliphatic rings. The molecule has 1 aliphatic heterocycles. The van der Waals surface area contributed by atoms with Gasteiger partial charge in [0.1, 0.15) is 0 Å². The van der Waals surface area contributed by atoms with Gasteiger partial charge in [-0.2, -0.15) is 0 Å². The number of morpholine rings is 1. The van der Waals surface area contributed by atoms with Gasteiger partial charge < -0.3 is 4.74 Å². The summed E-state index contributed by atoms with van der Waals surface area (Å²) in [7, 11) is 1.14. The first-order valence-corrected chi connectivity index (χ1v) is 5.56. The van der Waals surface area contributed by atoms with E-state index in [4.69, 9.17) is 4.74 Å². The van der Waals surface area contributed by atoms with Crippen molar-refractivity contribution in [3.63, 3.8) is 0 Å². The lowest BCUT2D eigenvalue weighted by molar-refractivity contribution is -0.0610. The van der Waals surface area contributed by atoms with Crippen LogP contribution in [0.15, 0.2) is 0 Å². The summed E-state index contributed by atoms with van der Waals surface area (Å²) in [6.07, 6.45) is 1.60. The van der Waals surface area contributed by atoms with Crippen molar-refractivity contribution >= 4 is 7.28 Å². The lowest BCUT2D eigenvalue weighted by Gasteiger charge is -2.39. The number of hydrogen-bond acceptors (Lipinski definition) is 2. The van der Waals surface area contributed by atoms with E-state index in [1.807, 2.05) is 0 Å². The topological polar surface area (TPSA) is 12.5 Å². The molecule has 13 heavy (non-hydrogen) atoms. The summed E-state index contributed by atoms with van der Waals surface area (Å²) in [6.45, 7) is 11.2. The fraction of sp³-hybridized carbons (Fsp3) is 1.00. The standard InChI is InChI=1S/C10H22BNO/c1-5-9-6-12(8(2)3)7-10(11-4)13-9/h8-11H,5-7H2,1-4H3. The predicted molar refractivity (Wildman–Crippen MR) is 58.7 cm³/mol. The van der Waals surface area contributed by atoms with E-state index in [9.17, 15) is 0 Å². The Morgan fingerprint density at radius 1 is 1.46 bits per heavy atom. The monoisotopic (exact) mass is 183 g/mol. The summed E-state index contributed by atoms with van der Waals surface area (Å²) in [6, 6.07) is 1.12. The van der Waals surface area contributed by atoms with Crippen molar-refractivity contribution in [2.24, 2.45) is 0 Å². The molecule has 3 heteroatoms. The van der Waals surface area contributed by atoms with E-state index in [1.54, 1.807) is 0 Å². The minimum atomic E-state index is 0.459. The Morgan fingerprint density at radius 3 is 2.62 bits per heavy atom. The van der Waals surface area contributed by atoms with E-state index >= 15 is 0 Å².